The standard InChI is InChI=1S/C60H38N4/c61-39-53-59(63-55-28-24-44(40-15-5-1-6-16-40)33-49(55)50-34-45(25-29-56(50)63)41-17-7-2-8-18-41)37-48(54-23-13-14-32-62-54)38-60(53)64-57-30-26-46(42-19-9-3-10-20-42)35-51(57)52-36-47(27-31-58(52)64)43-21-11-4-12-22-43/h1-38H. The van der Waals surface area contributed by atoms with Crippen LogP contribution in [0.25, 0.3) is 111 Å². The van der Waals surface area contributed by atoms with Gasteiger partial charge in [-0.15, -0.1) is 0 Å². The SMILES string of the molecule is N#Cc1c(-n2c3ccc(-c4ccccc4)cc3c3cc(-c4ccccc4)ccc32)cc(-c2ccccn2)cc1-n1c2ccc(-c3ccccc3)cc2c2cc(-c3ccccc3)ccc21. The molecule has 12 aromatic rings. The number of hydrogen-bond acceptors (Lipinski definition) is 2. The molecule has 0 saturated heterocycles. The molecule has 0 aliphatic rings. The number of rotatable bonds is 7. The van der Waals surface area contributed by atoms with Gasteiger partial charge >= 0.3 is 0 Å². The topological polar surface area (TPSA) is 46.5 Å². The minimum Gasteiger partial charge on any atom is -0.308 e. The Balaban J connectivity index is 1.18. The summed E-state index contributed by atoms with van der Waals surface area (Å²) in [5.74, 6) is 0. The van der Waals surface area contributed by atoms with Crippen LogP contribution in [0.15, 0.2) is 231 Å². The average Bonchev–Trinajstić information content (AvgIpc) is 3.88. The Morgan fingerprint density at radius 2 is 0.641 bits per heavy atom. The van der Waals surface area contributed by atoms with E-state index in [4.69, 9.17) is 4.98 Å². The highest BCUT2D eigenvalue weighted by Crippen LogP contribution is 2.43. The monoisotopic (exact) mass is 814 g/mol. The van der Waals surface area contributed by atoms with Gasteiger partial charge in [0, 0.05) is 33.3 Å². The van der Waals surface area contributed by atoms with Gasteiger partial charge in [-0.05, 0) is 117 Å². The maximum atomic E-state index is 11.6. The second kappa shape index (κ2) is 15.3. The minimum atomic E-state index is 0.566. The number of nitriles is 1. The molecule has 0 atom stereocenters. The van der Waals surface area contributed by atoms with Gasteiger partial charge in [-0.2, -0.15) is 5.26 Å². The Morgan fingerprint density at radius 3 is 0.938 bits per heavy atom. The van der Waals surface area contributed by atoms with Crippen LogP contribution in [-0.2, 0) is 0 Å². The maximum absolute atomic E-state index is 11.6. The third kappa shape index (κ3) is 6.18. The van der Waals surface area contributed by atoms with Crippen LogP contribution in [0.2, 0.25) is 0 Å². The first-order valence-corrected chi connectivity index (χ1v) is 21.6. The van der Waals surface area contributed by atoms with E-state index in [0.717, 1.165) is 111 Å². The predicted octanol–water partition coefficient (Wildman–Crippen LogP) is 15.5. The first-order chi connectivity index (χ1) is 31.7. The van der Waals surface area contributed by atoms with E-state index >= 15 is 0 Å². The molecular weight excluding hydrogens is 777 g/mol. The molecule has 0 N–H and O–H groups in total. The molecule has 9 aromatic carbocycles. The van der Waals surface area contributed by atoms with Gasteiger partial charge in [-0.3, -0.25) is 4.98 Å². The smallest absolute Gasteiger partial charge is 0.104 e. The Bertz CT molecular complexity index is 3340. The summed E-state index contributed by atoms with van der Waals surface area (Å²) in [6.45, 7) is 0. The summed E-state index contributed by atoms with van der Waals surface area (Å²) in [5, 5.41) is 16.1. The van der Waals surface area contributed by atoms with Crippen LogP contribution in [-0.4, -0.2) is 14.1 Å². The molecule has 0 spiro atoms. The number of hydrogen-bond donors (Lipinski definition) is 0. The van der Waals surface area contributed by atoms with E-state index in [9.17, 15) is 5.26 Å². The second-order valence-electron chi connectivity index (χ2n) is 16.3. The Hall–Kier alpha value is -8.78. The molecule has 64 heavy (non-hydrogen) atoms. The molecule has 0 saturated carbocycles. The van der Waals surface area contributed by atoms with E-state index in [1.165, 1.54) is 0 Å². The number of benzene rings is 9. The zero-order valence-electron chi connectivity index (χ0n) is 34.7. The Kier molecular flexibility index (Phi) is 8.84. The number of fused-ring (bicyclic) bond motifs is 6. The number of pyridine rings is 1. The second-order valence-corrected chi connectivity index (χ2v) is 16.3. The molecule has 298 valence electrons. The van der Waals surface area contributed by atoms with E-state index in [1.807, 2.05) is 24.4 Å². The average molecular weight is 815 g/mol. The van der Waals surface area contributed by atoms with Crippen molar-refractivity contribution in [3.63, 3.8) is 0 Å². The van der Waals surface area contributed by atoms with Crippen LogP contribution in [0, 0.1) is 11.3 Å². The molecule has 4 heteroatoms. The van der Waals surface area contributed by atoms with Crippen molar-refractivity contribution in [3.8, 4) is 73.2 Å². The summed E-state index contributed by atoms with van der Waals surface area (Å²) >= 11 is 0. The highest BCUT2D eigenvalue weighted by atomic mass is 15.0. The molecule has 0 amide bonds. The Labute approximate surface area is 370 Å². The van der Waals surface area contributed by atoms with Crippen molar-refractivity contribution >= 4 is 43.6 Å². The first-order valence-electron chi connectivity index (χ1n) is 21.6. The van der Waals surface area contributed by atoms with Crippen molar-refractivity contribution in [2.45, 2.75) is 0 Å². The predicted molar refractivity (Wildman–Crippen MR) is 265 cm³/mol. The fraction of sp³-hybridized carbons (Fsp3) is 0. The molecule has 0 aliphatic heterocycles. The lowest BCUT2D eigenvalue weighted by Gasteiger charge is -2.18. The summed E-state index contributed by atoms with van der Waals surface area (Å²) < 4.78 is 4.58. The highest BCUT2D eigenvalue weighted by molar-refractivity contribution is 6.14. The van der Waals surface area contributed by atoms with Gasteiger partial charge in [0.05, 0.1) is 39.1 Å². The van der Waals surface area contributed by atoms with E-state index in [1.54, 1.807) is 0 Å². The lowest BCUT2D eigenvalue weighted by atomic mass is 10.0. The third-order valence-electron chi connectivity index (χ3n) is 12.6. The van der Waals surface area contributed by atoms with Crippen LogP contribution in [0.4, 0.5) is 0 Å². The fourth-order valence-corrected chi connectivity index (χ4v) is 9.57. The third-order valence-corrected chi connectivity index (χ3v) is 12.6. The van der Waals surface area contributed by atoms with E-state index in [-0.39, 0.29) is 0 Å². The molecule has 0 radical (unpaired) electrons. The Morgan fingerprint density at radius 1 is 0.312 bits per heavy atom. The van der Waals surface area contributed by atoms with Gasteiger partial charge in [0.25, 0.3) is 0 Å². The minimum absolute atomic E-state index is 0.566. The van der Waals surface area contributed by atoms with Crippen LogP contribution in [0.1, 0.15) is 5.56 Å². The molecule has 0 bridgehead atoms. The van der Waals surface area contributed by atoms with Crippen molar-refractivity contribution in [3.05, 3.63) is 236 Å². The molecule has 0 fully saturated rings. The van der Waals surface area contributed by atoms with Crippen LogP contribution in [0.3, 0.4) is 0 Å². The van der Waals surface area contributed by atoms with Gasteiger partial charge < -0.3 is 9.13 Å². The normalized spacial score (nSPS) is 11.4. The van der Waals surface area contributed by atoms with E-state index in [0.29, 0.717) is 5.56 Å². The molecule has 0 unspecified atom stereocenters. The highest BCUT2D eigenvalue weighted by Gasteiger charge is 2.24. The summed E-state index contributed by atoms with van der Waals surface area (Å²) in [5.41, 5.74) is 17.1. The molecule has 3 aromatic heterocycles. The van der Waals surface area contributed by atoms with E-state index in [2.05, 4.69) is 221 Å². The van der Waals surface area contributed by atoms with Crippen molar-refractivity contribution < 1.29 is 0 Å². The lowest BCUT2D eigenvalue weighted by molar-refractivity contribution is 1.12. The van der Waals surface area contributed by atoms with Gasteiger partial charge in [0.1, 0.15) is 11.6 Å². The van der Waals surface area contributed by atoms with Crippen LogP contribution < -0.4 is 0 Å². The number of nitrogens with zero attached hydrogens (tertiary/aromatic N) is 4. The summed E-state index contributed by atoms with van der Waals surface area (Å²) in [6, 6.07) is 82.0. The largest absolute Gasteiger partial charge is 0.308 e. The van der Waals surface area contributed by atoms with Crippen molar-refractivity contribution in [1.82, 2.24) is 14.1 Å². The van der Waals surface area contributed by atoms with Crippen molar-refractivity contribution in [1.29, 1.82) is 5.26 Å². The van der Waals surface area contributed by atoms with Crippen LogP contribution in [0.5, 0.6) is 0 Å². The zero-order chi connectivity index (χ0) is 42.6. The maximum Gasteiger partial charge on any atom is 0.104 e. The molecule has 0 aliphatic carbocycles. The molecule has 4 nitrogen and oxygen atoms in total. The first kappa shape index (κ1) is 37.0. The van der Waals surface area contributed by atoms with Crippen LogP contribution >= 0.6 is 0 Å². The molecule has 3 heterocycles. The molecular formula is C60H38N4. The van der Waals surface area contributed by atoms with Gasteiger partial charge in [0.15, 0.2) is 0 Å². The quantitative estimate of drug-likeness (QED) is 0.161. The van der Waals surface area contributed by atoms with Crippen molar-refractivity contribution in [2.24, 2.45) is 0 Å². The van der Waals surface area contributed by atoms with Crippen molar-refractivity contribution in [2.75, 3.05) is 0 Å². The summed E-state index contributed by atoms with van der Waals surface area (Å²) in [6.07, 6.45) is 1.83. The summed E-state index contributed by atoms with van der Waals surface area (Å²) in [7, 11) is 0. The molecule has 12 rings (SSSR count). The summed E-state index contributed by atoms with van der Waals surface area (Å²) in [4.78, 5) is 4.88. The lowest BCUT2D eigenvalue weighted by Crippen LogP contribution is -2.05. The zero-order valence-corrected chi connectivity index (χ0v) is 34.7. The fourth-order valence-electron chi connectivity index (χ4n) is 9.57. The number of aromatic nitrogens is 3. The van der Waals surface area contributed by atoms with Gasteiger partial charge in [-0.1, -0.05) is 152 Å². The van der Waals surface area contributed by atoms with E-state index < -0.39 is 0 Å². The van der Waals surface area contributed by atoms with Gasteiger partial charge in [-0.25, -0.2) is 0 Å². The van der Waals surface area contributed by atoms with Gasteiger partial charge in [0.2, 0.25) is 0 Å².